The van der Waals surface area contributed by atoms with E-state index in [0.29, 0.717) is 13.0 Å². The highest BCUT2D eigenvalue weighted by Crippen LogP contribution is 2.25. The number of nitrogens with two attached hydrogens (primary N) is 1. The lowest BCUT2D eigenvalue weighted by molar-refractivity contribution is -0.141. The Labute approximate surface area is 115 Å². The summed E-state index contributed by atoms with van der Waals surface area (Å²) < 4.78 is 0. The smallest absolute Gasteiger partial charge is 0.303 e. The third-order valence-electron chi connectivity index (χ3n) is 3.83. The molecule has 1 saturated carbocycles. The molecule has 0 aromatic carbocycles. The van der Waals surface area contributed by atoms with Crippen molar-refractivity contribution in [2.75, 3.05) is 6.54 Å². The van der Waals surface area contributed by atoms with Gasteiger partial charge in [0, 0.05) is 25.0 Å². The Morgan fingerprint density at radius 1 is 1.32 bits per heavy atom. The molecule has 1 aliphatic rings. The van der Waals surface area contributed by atoms with Gasteiger partial charge in [-0.1, -0.05) is 12.8 Å². The summed E-state index contributed by atoms with van der Waals surface area (Å²) >= 11 is 0. The highest BCUT2D eigenvalue weighted by Gasteiger charge is 2.32. The van der Waals surface area contributed by atoms with Crippen molar-refractivity contribution in [3.63, 3.8) is 0 Å². The Morgan fingerprint density at radius 3 is 2.47 bits per heavy atom. The second kappa shape index (κ2) is 7.48. The summed E-state index contributed by atoms with van der Waals surface area (Å²) in [5, 5.41) is 8.67. The molecule has 0 bridgehead atoms. The van der Waals surface area contributed by atoms with E-state index in [1.807, 2.05) is 13.8 Å². The van der Waals surface area contributed by atoms with Crippen molar-refractivity contribution in [1.29, 1.82) is 0 Å². The van der Waals surface area contributed by atoms with Crippen molar-refractivity contribution in [3.05, 3.63) is 0 Å². The van der Waals surface area contributed by atoms with Gasteiger partial charge in [0.15, 0.2) is 0 Å². The van der Waals surface area contributed by atoms with E-state index in [1.165, 1.54) is 0 Å². The Morgan fingerprint density at radius 2 is 1.95 bits per heavy atom. The van der Waals surface area contributed by atoms with Crippen LogP contribution >= 0.6 is 0 Å². The minimum Gasteiger partial charge on any atom is -0.481 e. The molecule has 3 N–H and O–H groups in total. The number of carbonyl (C=O) groups is 2. The van der Waals surface area contributed by atoms with Crippen molar-refractivity contribution in [2.45, 2.75) is 64.5 Å². The lowest BCUT2D eigenvalue weighted by Gasteiger charge is -2.35. The average Bonchev–Trinajstić information content (AvgIpc) is 2.33. The normalized spacial score (nSPS) is 23.4. The molecule has 1 amide bonds. The summed E-state index contributed by atoms with van der Waals surface area (Å²) in [7, 11) is 0. The van der Waals surface area contributed by atoms with Gasteiger partial charge in [-0.05, 0) is 33.1 Å². The monoisotopic (exact) mass is 270 g/mol. The summed E-state index contributed by atoms with van der Waals surface area (Å²) in [6.07, 6.45) is 4.55. The van der Waals surface area contributed by atoms with Gasteiger partial charge in [-0.2, -0.15) is 0 Å². The average molecular weight is 270 g/mol. The molecule has 0 aromatic rings. The fourth-order valence-corrected chi connectivity index (χ4v) is 2.70. The largest absolute Gasteiger partial charge is 0.481 e. The quantitative estimate of drug-likeness (QED) is 0.768. The number of carbonyl (C=O) groups excluding carboxylic acids is 1. The molecule has 0 aliphatic heterocycles. The van der Waals surface area contributed by atoms with Crippen molar-refractivity contribution >= 4 is 11.9 Å². The molecular weight excluding hydrogens is 244 g/mol. The second-order valence-corrected chi connectivity index (χ2v) is 5.68. The van der Waals surface area contributed by atoms with Crippen LogP contribution in [0.2, 0.25) is 0 Å². The third kappa shape index (κ3) is 4.82. The molecule has 1 rings (SSSR count). The molecule has 2 atom stereocenters. The van der Waals surface area contributed by atoms with Crippen LogP contribution in [0.1, 0.15) is 52.4 Å². The molecule has 0 spiro atoms. The topological polar surface area (TPSA) is 83.6 Å². The number of hydrogen-bond acceptors (Lipinski definition) is 3. The molecular formula is C14H26N2O3. The standard InChI is InChI=1S/C14H26N2O3/c1-10(2)16(9-5-8-13(17)18)14(19)11-6-3-4-7-12(11)15/h10-12H,3-9,15H2,1-2H3,(H,17,18). The first-order valence-corrected chi connectivity index (χ1v) is 7.21. The SMILES string of the molecule is CC(C)N(CCCC(=O)O)C(=O)C1CCCCC1N. The molecule has 0 heterocycles. The molecule has 0 radical (unpaired) electrons. The summed E-state index contributed by atoms with van der Waals surface area (Å²) in [5.41, 5.74) is 6.05. The van der Waals surface area contributed by atoms with Gasteiger partial charge in [-0.15, -0.1) is 0 Å². The van der Waals surface area contributed by atoms with Crippen LogP contribution in [0.15, 0.2) is 0 Å². The van der Waals surface area contributed by atoms with Crippen LogP contribution < -0.4 is 5.73 Å². The molecule has 1 aliphatic carbocycles. The minimum atomic E-state index is -0.814. The third-order valence-corrected chi connectivity index (χ3v) is 3.83. The molecule has 110 valence electrons. The summed E-state index contributed by atoms with van der Waals surface area (Å²) in [6, 6.07) is 0.0531. The first-order valence-electron chi connectivity index (χ1n) is 7.21. The molecule has 2 unspecified atom stereocenters. The number of carboxylic acid groups (broad SMARTS) is 1. The summed E-state index contributed by atoms with van der Waals surface area (Å²) in [5.74, 6) is -0.793. The summed E-state index contributed by atoms with van der Waals surface area (Å²) in [4.78, 5) is 24.9. The Balaban J connectivity index is 2.58. The van der Waals surface area contributed by atoms with E-state index in [1.54, 1.807) is 4.90 Å². The van der Waals surface area contributed by atoms with Crippen molar-refractivity contribution in [3.8, 4) is 0 Å². The van der Waals surface area contributed by atoms with E-state index in [9.17, 15) is 9.59 Å². The fourth-order valence-electron chi connectivity index (χ4n) is 2.70. The van der Waals surface area contributed by atoms with Gasteiger partial charge in [0.25, 0.3) is 0 Å². The van der Waals surface area contributed by atoms with Crippen molar-refractivity contribution < 1.29 is 14.7 Å². The van der Waals surface area contributed by atoms with Gasteiger partial charge >= 0.3 is 5.97 Å². The molecule has 0 saturated heterocycles. The zero-order valence-corrected chi connectivity index (χ0v) is 12.0. The van der Waals surface area contributed by atoms with Crippen LogP contribution in [0.3, 0.4) is 0 Å². The highest BCUT2D eigenvalue weighted by molar-refractivity contribution is 5.80. The fraction of sp³-hybridized carbons (Fsp3) is 0.857. The number of nitrogens with zero attached hydrogens (tertiary/aromatic N) is 1. The van der Waals surface area contributed by atoms with Crippen LogP contribution in [-0.2, 0) is 9.59 Å². The molecule has 19 heavy (non-hydrogen) atoms. The van der Waals surface area contributed by atoms with E-state index in [4.69, 9.17) is 10.8 Å². The lowest BCUT2D eigenvalue weighted by Crippen LogP contribution is -2.48. The molecule has 5 heteroatoms. The number of aliphatic carboxylic acids is 1. The summed E-state index contributed by atoms with van der Waals surface area (Å²) in [6.45, 7) is 4.44. The predicted octanol–water partition coefficient (Wildman–Crippen LogP) is 1.61. The van der Waals surface area contributed by atoms with E-state index in [0.717, 1.165) is 25.7 Å². The van der Waals surface area contributed by atoms with E-state index >= 15 is 0 Å². The van der Waals surface area contributed by atoms with E-state index < -0.39 is 5.97 Å². The Bertz CT molecular complexity index is 318. The van der Waals surface area contributed by atoms with Gasteiger partial charge in [0.1, 0.15) is 0 Å². The maximum atomic E-state index is 12.5. The lowest BCUT2D eigenvalue weighted by atomic mass is 9.84. The van der Waals surface area contributed by atoms with Crippen molar-refractivity contribution in [1.82, 2.24) is 4.90 Å². The second-order valence-electron chi connectivity index (χ2n) is 5.68. The number of amides is 1. The first-order chi connectivity index (χ1) is 8.93. The van der Waals surface area contributed by atoms with E-state index in [-0.39, 0.29) is 30.3 Å². The predicted molar refractivity (Wildman–Crippen MR) is 73.7 cm³/mol. The zero-order chi connectivity index (χ0) is 14.4. The maximum Gasteiger partial charge on any atom is 0.303 e. The zero-order valence-electron chi connectivity index (χ0n) is 12.0. The number of rotatable bonds is 6. The van der Waals surface area contributed by atoms with Gasteiger partial charge in [0.05, 0.1) is 5.92 Å². The molecule has 5 nitrogen and oxygen atoms in total. The molecule has 0 aromatic heterocycles. The van der Waals surface area contributed by atoms with Crippen LogP contribution in [0.4, 0.5) is 0 Å². The van der Waals surface area contributed by atoms with Gasteiger partial charge in [0.2, 0.25) is 5.91 Å². The van der Waals surface area contributed by atoms with Crippen LogP contribution in [0, 0.1) is 5.92 Å². The Hall–Kier alpha value is -1.10. The number of carboxylic acids is 1. The van der Waals surface area contributed by atoms with Crippen molar-refractivity contribution in [2.24, 2.45) is 11.7 Å². The van der Waals surface area contributed by atoms with Gasteiger partial charge in [-0.25, -0.2) is 0 Å². The van der Waals surface area contributed by atoms with Crippen LogP contribution in [-0.4, -0.2) is 40.5 Å². The van der Waals surface area contributed by atoms with Gasteiger partial charge in [-0.3, -0.25) is 9.59 Å². The number of hydrogen-bond donors (Lipinski definition) is 2. The minimum absolute atomic E-state index is 0.0398. The van der Waals surface area contributed by atoms with Crippen LogP contribution in [0.5, 0.6) is 0 Å². The highest BCUT2D eigenvalue weighted by atomic mass is 16.4. The maximum absolute atomic E-state index is 12.5. The first kappa shape index (κ1) is 16.0. The van der Waals surface area contributed by atoms with Gasteiger partial charge < -0.3 is 15.7 Å². The molecule has 1 fully saturated rings. The Kier molecular flexibility index (Phi) is 6.28. The van der Waals surface area contributed by atoms with E-state index in [2.05, 4.69) is 0 Å². The van der Waals surface area contributed by atoms with Crippen LogP contribution in [0.25, 0.3) is 0 Å².